The van der Waals surface area contributed by atoms with Gasteiger partial charge in [0.25, 0.3) is 5.91 Å². The number of pyridine rings is 1. The number of benzene rings is 1. The normalized spacial score (nSPS) is 18.7. The smallest absolute Gasteiger partial charge is 0.257 e. The van der Waals surface area contributed by atoms with E-state index in [0.29, 0.717) is 16.3 Å². The van der Waals surface area contributed by atoms with Gasteiger partial charge in [-0.25, -0.2) is 4.98 Å². The lowest BCUT2D eigenvalue weighted by atomic mass is 9.93. The number of carbonyl (C=O) groups is 1. The van der Waals surface area contributed by atoms with E-state index < -0.39 is 0 Å². The first-order chi connectivity index (χ1) is 12.0. The molecule has 1 aromatic carbocycles. The van der Waals surface area contributed by atoms with Gasteiger partial charge < -0.3 is 15.3 Å². The summed E-state index contributed by atoms with van der Waals surface area (Å²) >= 11 is 5.93. The van der Waals surface area contributed by atoms with E-state index in [1.165, 1.54) is 0 Å². The number of carbonyl (C=O) groups excluding carboxylic acids is 1. The number of nitrogens with zero attached hydrogens (tertiary/aromatic N) is 2. The molecule has 6 heteroatoms. The molecule has 1 saturated heterocycles. The predicted octanol–water partition coefficient (Wildman–Crippen LogP) is 3.58. The van der Waals surface area contributed by atoms with Crippen LogP contribution in [0, 0.1) is 5.92 Å². The fourth-order valence-electron chi connectivity index (χ4n) is 3.09. The average Bonchev–Trinajstić information content (AvgIpc) is 2.62. The summed E-state index contributed by atoms with van der Waals surface area (Å²) in [5.74, 6) is 0.882. The molecule has 0 radical (unpaired) electrons. The van der Waals surface area contributed by atoms with E-state index in [0.717, 1.165) is 31.7 Å². The summed E-state index contributed by atoms with van der Waals surface area (Å²) in [4.78, 5) is 18.9. The fourth-order valence-corrected chi connectivity index (χ4v) is 3.28. The van der Waals surface area contributed by atoms with Crippen LogP contribution in [-0.4, -0.2) is 35.2 Å². The quantitative estimate of drug-likeness (QED) is 0.875. The first-order valence-corrected chi connectivity index (χ1v) is 8.87. The van der Waals surface area contributed by atoms with Crippen molar-refractivity contribution in [2.75, 3.05) is 23.3 Å². The first-order valence-electron chi connectivity index (χ1n) is 8.49. The highest BCUT2D eigenvalue weighted by atomic mass is 35.5. The number of anilines is 2. The number of amides is 1. The van der Waals surface area contributed by atoms with Crippen molar-refractivity contribution in [1.29, 1.82) is 0 Å². The number of rotatable bonds is 4. The van der Waals surface area contributed by atoms with E-state index >= 15 is 0 Å². The predicted molar refractivity (Wildman–Crippen MR) is 100 cm³/mol. The van der Waals surface area contributed by atoms with Crippen molar-refractivity contribution in [3.63, 3.8) is 0 Å². The largest absolute Gasteiger partial charge is 0.393 e. The molecule has 0 bridgehead atoms. The summed E-state index contributed by atoms with van der Waals surface area (Å²) in [5.41, 5.74) is 1.14. The Morgan fingerprint density at radius 3 is 2.92 bits per heavy atom. The third-order valence-corrected chi connectivity index (χ3v) is 4.79. The number of halogens is 1. The summed E-state index contributed by atoms with van der Waals surface area (Å²) < 4.78 is 0. The Balaban J connectivity index is 1.66. The fraction of sp³-hybridized carbons (Fsp3) is 0.368. The van der Waals surface area contributed by atoms with Crippen LogP contribution < -0.4 is 10.2 Å². The van der Waals surface area contributed by atoms with Crippen LogP contribution in [0.1, 0.15) is 30.1 Å². The Labute approximate surface area is 152 Å². The van der Waals surface area contributed by atoms with Gasteiger partial charge in [0.05, 0.1) is 11.7 Å². The average molecular weight is 360 g/mol. The molecule has 2 aromatic rings. The summed E-state index contributed by atoms with van der Waals surface area (Å²) in [6.45, 7) is 3.55. The summed E-state index contributed by atoms with van der Waals surface area (Å²) in [7, 11) is 0. The zero-order valence-electron chi connectivity index (χ0n) is 14.2. The van der Waals surface area contributed by atoms with Crippen LogP contribution >= 0.6 is 11.6 Å². The van der Waals surface area contributed by atoms with E-state index in [1.807, 2.05) is 13.0 Å². The molecule has 2 unspecified atom stereocenters. The van der Waals surface area contributed by atoms with Gasteiger partial charge in [0, 0.05) is 35.9 Å². The molecule has 2 heterocycles. The van der Waals surface area contributed by atoms with Crippen molar-refractivity contribution >= 4 is 29.0 Å². The molecule has 2 N–H and O–H groups in total. The molecule has 0 saturated carbocycles. The van der Waals surface area contributed by atoms with Gasteiger partial charge in [-0.1, -0.05) is 17.7 Å². The van der Waals surface area contributed by atoms with Crippen molar-refractivity contribution < 1.29 is 9.90 Å². The molecule has 1 amide bonds. The lowest BCUT2D eigenvalue weighted by molar-refractivity contribution is 0.102. The summed E-state index contributed by atoms with van der Waals surface area (Å²) in [5, 5.41) is 13.2. The minimum atomic E-state index is -0.314. The van der Waals surface area contributed by atoms with Crippen LogP contribution in [-0.2, 0) is 0 Å². The van der Waals surface area contributed by atoms with Gasteiger partial charge in [0.1, 0.15) is 5.82 Å². The summed E-state index contributed by atoms with van der Waals surface area (Å²) in [6, 6.07) is 10.7. The van der Waals surface area contributed by atoms with Crippen LogP contribution in [0.5, 0.6) is 0 Å². The van der Waals surface area contributed by atoms with Crippen molar-refractivity contribution in [1.82, 2.24) is 4.98 Å². The Bertz CT molecular complexity index is 734. The van der Waals surface area contributed by atoms with Gasteiger partial charge >= 0.3 is 0 Å². The highest BCUT2D eigenvalue weighted by Crippen LogP contribution is 2.24. The van der Waals surface area contributed by atoms with Gasteiger partial charge in [-0.15, -0.1) is 0 Å². The Kier molecular flexibility index (Phi) is 5.56. The molecule has 1 fully saturated rings. The van der Waals surface area contributed by atoms with Crippen LogP contribution in [0.2, 0.25) is 5.02 Å². The second-order valence-electron chi connectivity index (χ2n) is 6.46. The van der Waals surface area contributed by atoms with Gasteiger partial charge in [0.2, 0.25) is 0 Å². The van der Waals surface area contributed by atoms with E-state index in [4.69, 9.17) is 11.6 Å². The maximum absolute atomic E-state index is 12.3. The van der Waals surface area contributed by atoms with E-state index in [2.05, 4.69) is 15.2 Å². The van der Waals surface area contributed by atoms with Gasteiger partial charge in [-0.3, -0.25) is 4.79 Å². The number of piperidine rings is 1. The van der Waals surface area contributed by atoms with E-state index in [-0.39, 0.29) is 17.9 Å². The number of hydrogen-bond acceptors (Lipinski definition) is 4. The standard InChI is InChI=1S/C19H22ClN3O2/c1-13(24)15-4-3-9-23(12-15)18-8-7-14(11-21-18)19(25)22-17-6-2-5-16(20)10-17/h2,5-8,10-11,13,15,24H,3-4,9,12H2,1H3,(H,22,25). The number of hydrogen-bond donors (Lipinski definition) is 2. The Morgan fingerprint density at radius 2 is 2.24 bits per heavy atom. The van der Waals surface area contributed by atoms with Crippen LogP contribution in [0.25, 0.3) is 0 Å². The number of aromatic nitrogens is 1. The molecule has 3 rings (SSSR count). The third-order valence-electron chi connectivity index (χ3n) is 4.56. The first kappa shape index (κ1) is 17.7. The Morgan fingerprint density at radius 1 is 1.40 bits per heavy atom. The van der Waals surface area contributed by atoms with Crippen molar-refractivity contribution in [2.24, 2.45) is 5.92 Å². The highest BCUT2D eigenvalue weighted by molar-refractivity contribution is 6.30. The molecule has 1 aliphatic heterocycles. The molecule has 5 nitrogen and oxygen atoms in total. The minimum Gasteiger partial charge on any atom is -0.393 e. The van der Waals surface area contributed by atoms with Crippen molar-refractivity contribution in [3.05, 3.63) is 53.2 Å². The van der Waals surface area contributed by atoms with Crippen molar-refractivity contribution in [2.45, 2.75) is 25.9 Å². The van der Waals surface area contributed by atoms with Gasteiger partial charge in [-0.2, -0.15) is 0 Å². The molecule has 0 spiro atoms. The molecule has 25 heavy (non-hydrogen) atoms. The van der Waals surface area contributed by atoms with E-state index in [1.54, 1.807) is 36.5 Å². The van der Waals surface area contributed by atoms with Crippen LogP contribution in [0.3, 0.4) is 0 Å². The maximum Gasteiger partial charge on any atom is 0.257 e. The zero-order chi connectivity index (χ0) is 17.8. The molecule has 1 aliphatic rings. The topological polar surface area (TPSA) is 65.5 Å². The lowest BCUT2D eigenvalue weighted by Gasteiger charge is -2.34. The maximum atomic E-state index is 12.3. The number of nitrogens with one attached hydrogen (secondary N) is 1. The van der Waals surface area contributed by atoms with Crippen LogP contribution in [0.15, 0.2) is 42.6 Å². The molecule has 2 atom stereocenters. The second-order valence-corrected chi connectivity index (χ2v) is 6.89. The van der Waals surface area contributed by atoms with Gasteiger partial charge in [-0.05, 0) is 50.1 Å². The Hall–Kier alpha value is -2.11. The monoisotopic (exact) mass is 359 g/mol. The molecular formula is C19H22ClN3O2. The zero-order valence-corrected chi connectivity index (χ0v) is 14.9. The molecule has 1 aromatic heterocycles. The third kappa shape index (κ3) is 4.50. The second kappa shape index (κ2) is 7.85. The van der Waals surface area contributed by atoms with Gasteiger partial charge in [0.15, 0.2) is 0 Å². The molecule has 0 aliphatic carbocycles. The van der Waals surface area contributed by atoms with E-state index in [9.17, 15) is 9.90 Å². The van der Waals surface area contributed by atoms with Crippen LogP contribution in [0.4, 0.5) is 11.5 Å². The highest BCUT2D eigenvalue weighted by Gasteiger charge is 2.24. The van der Waals surface area contributed by atoms with Crippen molar-refractivity contribution in [3.8, 4) is 0 Å². The number of aliphatic hydroxyl groups is 1. The molecule has 132 valence electrons. The SMILES string of the molecule is CC(O)C1CCCN(c2ccc(C(=O)Nc3cccc(Cl)c3)cn2)C1. The number of aliphatic hydroxyl groups excluding tert-OH is 1. The lowest BCUT2D eigenvalue weighted by Crippen LogP contribution is -2.39. The minimum absolute atomic E-state index is 0.221. The summed E-state index contributed by atoms with van der Waals surface area (Å²) in [6.07, 6.45) is 3.34. The molecular weight excluding hydrogens is 338 g/mol.